The van der Waals surface area contributed by atoms with E-state index in [4.69, 9.17) is 11.8 Å². The molecule has 7 aromatic rings. The summed E-state index contributed by atoms with van der Waals surface area (Å²) in [4.78, 5) is 15.2. The monoisotopic (exact) mass is 915 g/mol. The van der Waals surface area contributed by atoms with Crippen LogP contribution in [0.3, 0.4) is 0 Å². The van der Waals surface area contributed by atoms with Crippen molar-refractivity contribution in [2.75, 3.05) is 0 Å². The fourth-order valence-electron chi connectivity index (χ4n) is 6.56. The first-order chi connectivity index (χ1) is 26.6. The summed E-state index contributed by atoms with van der Waals surface area (Å²) < 4.78 is 41.6. The minimum Gasteiger partial charge on any atom is -0.305 e. The molecule has 1 radical (unpaired) electrons. The van der Waals surface area contributed by atoms with E-state index < -0.39 is 14.4 Å². The van der Waals surface area contributed by atoms with Crippen LogP contribution in [-0.2, 0) is 31.9 Å². The van der Waals surface area contributed by atoms with Crippen molar-refractivity contribution in [2.24, 2.45) is 5.92 Å². The molecule has 4 heterocycles. The molecule has 0 N–H and O–H groups in total. The van der Waals surface area contributed by atoms with Gasteiger partial charge in [0.05, 0.1) is 13.8 Å². The second kappa shape index (κ2) is 16.3. The van der Waals surface area contributed by atoms with Gasteiger partial charge in [-0.05, 0) is 95.3 Å². The smallest absolute Gasteiger partial charge is 0.114 e. The van der Waals surface area contributed by atoms with E-state index in [1.54, 1.807) is 23.6 Å². The van der Waals surface area contributed by atoms with Gasteiger partial charge in [0.2, 0.25) is 0 Å². The standard InChI is InChI=1S/C29H27N2S.C18H24NSi.Ir/c1-17-13-18(2)27(19(3)14-17)24-9-8-22-23-15-20(7-10-26(23)32-28(22)31-24)25-16-21(11-12-30-25)29(4,5)6;1-14(2)11-16-12-17(15-9-7-6-8-10-15)19-13-18(16)20(3,4)5;/h8-16H,1-6H3;6-9,12-14H,11H2,1-5H3;/q2*-1;/i;6D,7D,8D,11D2;. The number of fused-ring (bicyclic) bond motifs is 3. The first kappa shape index (κ1) is 33.7. The first-order valence-corrected chi connectivity index (χ1v) is 22.2. The number of thiophene rings is 1. The summed E-state index contributed by atoms with van der Waals surface area (Å²) in [5, 5.41) is 3.39. The van der Waals surface area contributed by atoms with Crippen LogP contribution in [0, 0.1) is 38.8 Å². The zero-order chi connectivity index (χ0) is 41.8. The van der Waals surface area contributed by atoms with Crippen LogP contribution in [0.4, 0.5) is 0 Å². The van der Waals surface area contributed by atoms with Gasteiger partial charge in [-0.25, -0.2) is 4.98 Å². The van der Waals surface area contributed by atoms with Gasteiger partial charge in [-0.1, -0.05) is 101 Å². The Morgan fingerprint density at radius 1 is 0.830 bits per heavy atom. The SMILES string of the molecule is Cc1cc(C)c(-c2ccc3c(n2)sc2c[c-]c(-c4cc(C(C)(C)C)ccn4)cc23)c(C)c1.[2H]c1[c-]c(-c2cc(C([2H])([2H])C(C)C)c([Si](C)(C)C)cn2)cc([2H])c1[2H].[Ir]. The van der Waals surface area contributed by atoms with E-state index in [2.05, 4.69) is 132 Å². The van der Waals surface area contributed by atoms with Crippen molar-refractivity contribution in [1.29, 1.82) is 0 Å². The maximum Gasteiger partial charge on any atom is 0.114 e. The fraction of sp³-hybridized carbons (Fsp3) is 0.298. The van der Waals surface area contributed by atoms with E-state index in [1.165, 1.54) is 49.4 Å². The third kappa shape index (κ3) is 9.29. The first-order valence-electron chi connectivity index (χ1n) is 20.4. The summed E-state index contributed by atoms with van der Waals surface area (Å²) in [6, 6.07) is 26.5. The number of aromatic nitrogens is 3. The Balaban J connectivity index is 0.000000224. The maximum absolute atomic E-state index is 8.57. The number of aryl methyl sites for hydroxylation is 3. The van der Waals surface area contributed by atoms with Crippen LogP contribution >= 0.6 is 11.3 Å². The van der Waals surface area contributed by atoms with Gasteiger partial charge in [0.1, 0.15) is 4.83 Å². The average Bonchev–Trinajstić information content (AvgIpc) is 3.49. The van der Waals surface area contributed by atoms with E-state index >= 15 is 0 Å². The molecule has 0 fully saturated rings. The Hall–Kier alpha value is -3.80. The molecule has 0 saturated carbocycles. The fourth-order valence-corrected chi connectivity index (χ4v) is 9.00. The van der Waals surface area contributed by atoms with E-state index in [1.807, 2.05) is 20.0 Å². The molecule has 0 aliphatic heterocycles. The number of benzene rings is 3. The zero-order valence-corrected chi connectivity index (χ0v) is 36.8. The van der Waals surface area contributed by atoms with Gasteiger partial charge in [0.15, 0.2) is 0 Å². The van der Waals surface area contributed by atoms with Crippen LogP contribution in [-0.4, -0.2) is 23.0 Å². The second-order valence-corrected chi connectivity index (χ2v) is 22.0. The van der Waals surface area contributed by atoms with Crippen LogP contribution in [0.1, 0.15) is 69.3 Å². The van der Waals surface area contributed by atoms with Gasteiger partial charge in [-0.3, -0.25) is 0 Å². The Morgan fingerprint density at radius 2 is 1.55 bits per heavy atom. The van der Waals surface area contributed by atoms with Crippen LogP contribution in [0.5, 0.6) is 0 Å². The van der Waals surface area contributed by atoms with E-state index in [0.717, 1.165) is 27.0 Å². The molecule has 0 atom stereocenters. The number of hydrogen-bond donors (Lipinski definition) is 0. The molecule has 7 rings (SSSR count). The Labute approximate surface area is 342 Å². The summed E-state index contributed by atoms with van der Waals surface area (Å²) in [5.41, 5.74) is 11.1. The third-order valence-corrected chi connectivity index (χ3v) is 12.2. The molecule has 4 aromatic heterocycles. The van der Waals surface area contributed by atoms with Crippen LogP contribution < -0.4 is 5.19 Å². The Morgan fingerprint density at radius 3 is 2.21 bits per heavy atom. The Kier molecular flexibility index (Phi) is 10.4. The molecule has 0 saturated heterocycles. The van der Waals surface area contributed by atoms with Crippen LogP contribution in [0.2, 0.25) is 19.6 Å². The number of pyridine rings is 3. The van der Waals surface area contributed by atoms with Gasteiger partial charge in [-0.15, -0.1) is 59.6 Å². The van der Waals surface area contributed by atoms with E-state index in [0.29, 0.717) is 16.8 Å². The molecule has 0 spiro atoms. The molecule has 0 aliphatic carbocycles. The number of hydrogen-bond acceptors (Lipinski definition) is 4. The summed E-state index contributed by atoms with van der Waals surface area (Å²) in [6.07, 6.45) is 2.14. The van der Waals surface area contributed by atoms with Crippen molar-refractivity contribution in [3.63, 3.8) is 0 Å². The summed E-state index contributed by atoms with van der Waals surface area (Å²) in [5.74, 6) is -0.198. The van der Waals surface area contributed by atoms with Crippen molar-refractivity contribution in [1.82, 2.24) is 15.0 Å². The molecule has 0 aliphatic rings. The molecule has 3 aromatic carbocycles. The largest absolute Gasteiger partial charge is 0.305 e. The van der Waals surface area contributed by atoms with Gasteiger partial charge in [0, 0.05) is 43.5 Å². The van der Waals surface area contributed by atoms with E-state index in [9.17, 15) is 0 Å². The van der Waals surface area contributed by atoms with Crippen molar-refractivity contribution in [2.45, 2.75) is 86.8 Å². The molecule has 275 valence electrons. The normalized spacial score (nSPS) is 13.4. The minimum atomic E-state index is -1.80. The number of nitrogens with zero attached hydrogens (tertiary/aromatic N) is 3. The van der Waals surface area contributed by atoms with Crippen molar-refractivity contribution in [3.8, 4) is 33.8 Å². The third-order valence-electron chi connectivity index (χ3n) is 9.09. The predicted molar refractivity (Wildman–Crippen MR) is 228 cm³/mol. The van der Waals surface area contributed by atoms with Crippen LogP contribution in [0.25, 0.3) is 54.1 Å². The van der Waals surface area contributed by atoms with Gasteiger partial charge >= 0.3 is 0 Å². The van der Waals surface area contributed by atoms with E-state index in [-0.39, 0.29) is 49.6 Å². The quantitative estimate of drug-likeness (QED) is 0.123. The van der Waals surface area contributed by atoms with Crippen molar-refractivity contribution in [3.05, 3.63) is 131 Å². The second-order valence-electron chi connectivity index (χ2n) is 16.0. The van der Waals surface area contributed by atoms with Crippen LogP contribution in [0.15, 0.2) is 91.2 Å². The Bertz CT molecular complexity index is 2600. The van der Waals surface area contributed by atoms with Crippen molar-refractivity contribution < 1.29 is 27.0 Å². The molecule has 0 bridgehead atoms. The zero-order valence-electron chi connectivity index (χ0n) is 37.6. The van der Waals surface area contributed by atoms with Crippen molar-refractivity contribution >= 4 is 44.9 Å². The molecular weight excluding hydrogens is 859 g/mol. The molecule has 3 nitrogen and oxygen atoms in total. The summed E-state index contributed by atoms with van der Waals surface area (Å²) >= 11 is 1.73. The molecule has 0 unspecified atom stereocenters. The summed E-state index contributed by atoms with van der Waals surface area (Å²) in [7, 11) is -1.80. The molecule has 0 amide bonds. The molecule has 6 heteroatoms. The summed E-state index contributed by atoms with van der Waals surface area (Å²) in [6.45, 7) is 23.4. The molecular formula is C47H51IrN3SSi-2. The maximum atomic E-state index is 8.57. The van der Waals surface area contributed by atoms with Gasteiger partial charge in [0.25, 0.3) is 0 Å². The molecule has 53 heavy (non-hydrogen) atoms. The van der Waals surface area contributed by atoms with Gasteiger partial charge < -0.3 is 9.97 Å². The average molecular weight is 915 g/mol. The van der Waals surface area contributed by atoms with Gasteiger partial charge in [-0.2, -0.15) is 11.3 Å². The minimum absolute atomic E-state index is 0. The number of rotatable bonds is 6. The predicted octanol–water partition coefficient (Wildman–Crippen LogP) is 12.5. The topological polar surface area (TPSA) is 38.7 Å².